The van der Waals surface area contributed by atoms with Crippen LogP contribution in [0.25, 0.3) is 6.08 Å². The topological polar surface area (TPSA) is 65.4 Å². The summed E-state index contributed by atoms with van der Waals surface area (Å²) in [5.74, 6) is 0. The maximum Gasteiger partial charge on any atom is 0.131 e. The molecule has 0 radical (unpaired) electrons. The third kappa shape index (κ3) is 1.94. The fraction of sp³-hybridized carbons (Fsp3) is 0.222. The summed E-state index contributed by atoms with van der Waals surface area (Å²) in [7, 11) is 1.81. The summed E-state index contributed by atoms with van der Waals surface area (Å²) in [6, 6.07) is 5.37. The van der Waals surface area contributed by atoms with Gasteiger partial charge in [-0.15, -0.1) is 0 Å². The van der Waals surface area contributed by atoms with Crippen LogP contribution >= 0.6 is 0 Å². The predicted molar refractivity (Wildman–Crippen MR) is 47.1 cm³/mol. The van der Waals surface area contributed by atoms with Crippen LogP contribution in [0.2, 0.25) is 0 Å². The maximum atomic E-state index is 8.49. The summed E-state index contributed by atoms with van der Waals surface area (Å²) in [6.45, 7) is 1.91. The quantitative estimate of drug-likeness (QED) is 0.597. The standard InChI is InChI=1S/C9H8N4/c1-7-3-9(12-13(7)2)4-8(5-10)6-11/h3-4H,1-2H3. The van der Waals surface area contributed by atoms with Gasteiger partial charge in [0, 0.05) is 12.7 Å². The summed E-state index contributed by atoms with van der Waals surface area (Å²) < 4.78 is 1.69. The number of nitrogens with zero attached hydrogens (tertiary/aromatic N) is 4. The van der Waals surface area contributed by atoms with Crippen LogP contribution in [-0.4, -0.2) is 9.78 Å². The van der Waals surface area contributed by atoms with Crippen molar-refractivity contribution in [1.82, 2.24) is 9.78 Å². The summed E-state index contributed by atoms with van der Waals surface area (Å²) in [5.41, 5.74) is 1.69. The van der Waals surface area contributed by atoms with Gasteiger partial charge in [0.2, 0.25) is 0 Å². The largest absolute Gasteiger partial charge is 0.272 e. The van der Waals surface area contributed by atoms with E-state index in [9.17, 15) is 0 Å². The molecule has 4 heteroatoms. The van der Waals surface area contributed by atoms with Gasteiger partial charge < -0.3 is 0 Å². The van der Waals surface area contributed by atoms with Gasteiger partial charge in [0.25, 0.3) is 0 Å². The SMILES string of the molecule is Cc1cc(C=C(C#N)C#N)nn1C. The first-order valence-corrected chi connectivity index (χ1v) is 3.70. The molecule has 1 aromatic heterocycles. The van der Waals surface area contributed by atoms with Gasteiger partial charge >= 0.3 is 0 Å². The van der Waals surface area contributed by atoms with E-state index < -0.39 is 0 Å². The summed E-state index contributed by atoms with van der Waals surface area (Å²) in [4.78, 5) is 0. The Morgan fingerprint density at radius 3 is 2.54 bits per heavy atom. The molecule has 0 saturated carbocycles. The van der Waals surface area contributed by atoms with E-state index in [1.54, 1.807) is 16.8 Å². The highest BCUT2D eigenvalue weighted by Crippen LogP contribution is 2.05. The van der Waals surface area contributed by atoms with Crippen molar-refractivity contribution in [3.05, 3.63) is 23.0 Å². The zero-order chi connectivity index (χ0) is 9.84. The zero-order valence-electron chi connectivity index (χ0n) is 7.44. The predicted octanol–water partition coefficient (Wildman–Crippen LogP) is 1.16. The highest BCUT2D eigenvalue weighted by atomic mass is 15.3. The molecule has 0 aliphatic heterocycles. The van der Waals surface area contributed by atoms with Crippen LogP contribution < -0.4 is 0 Å². The molecule has 0 amide bonds. The Hall–Kier alpha value is -2.07. The number of hydrogen-bond donors (Lipinski definition) is 0. The van der Waals surface area contributed by atoms with Crippen molar-refractivity contribution in [3.63, 3.8) is 0 Å². The average molecular weight is 172 g/mol. The Morgan fingerprint density at radius 1 is 1.54 bits per heavy atom. The van der Waals surface area contributed by atoms with Crippen LogP contribution in [0.15, 0.2) is 11.6 Å². The fourth-order valence-electron chi connectivity index (χ4n) is 0.896. The van der Waals surface area contributed by atoms with Gasteiger partial charge in [0.15, 0.2) is 0 Å². The van der Waals surface area contributed by atoms with E-state index in [2.05, 4.69) is 5.10 Å². The number of aryl methyl sites for hydroxylation is 2. The highest BCUT2D eigenvalue weighted by molar-refractivity contribution is 5.59. The molecule has 0 N–H and O–H groups in total. The molecule has 0 saturated heterocycles. The normalized spacial score (nSPS) is 8.62. The second kappa shape index (κ2) is 3.55. The van der Waals surface area contributed by atoms with E-state index in [0.717, 1.165) is 5.69 Å². The third-order valence-corrected chi connectivity index (χ3v) is 1.67. The Bertz CT molecular complexity index is 390. The highest BCUT2D eigenvalue weighted by Gasteiger charge is 1.99. The molecular weight excluding hydrogens is 164 g/mol. The molecule has 64 valence electrons. The Balaban J connectivity index is 3.07. The van der Waals surface area contributed by atoms with Gasteiger partial charge in [-0.05, 0) is 19.1 Å². The Labute approximate surface area is 76.3 Å². The summed E-state index contributed by atoms with van der Waals surface area (Å²) in [5, 5.41) is 21.1. The molecular formula is C9H8N4. The smallest absolute Gasteiger partial charge is 0.131 e. The molecule has 0 unspecified atom stereocenters. The molecule has 13 heavy (non-hydrogen) atoms. The molecule has 1 aromatic rings. The number of allylic oxidation sites excluding steroid dienone is 1. The molecule has 1 rings (SSSR count). The lowest BCUT2D eigenvalue weighted by atomic mass is 10.2. The minimum absolute atomic E-state index is 0.0677. The average Bonchev–Trinajstić information content (AvgIpc) is 2.42. The second-order valence-electron chi connectivity index (χ2n) is 2.62. The van der Waals surface area contributed by atoms with Gasteiger partial charge in [-0.3, -0.25) is 4.68 Å². The van der Waals surface area contributed by atoms with Crippen LogP contribution in [0.5, 0.6) is 0 Å². The molecule has 0 aliphatic rings. The summed E-state index contributed by atoms with van der Waals surface area (Å²) >= 11 is 0. The maximum absolute atomic E-state index is 8.49. The van der Waals surface area contributed by atoms with Crippen LogP contribution in [0, 0.1) is 29.6 Å². The first kappa shape index (κ1) is 9.02. The van der Waals surface area contributed by atoms with Crippen molar-refractivity contribution >= 4 is 6.08 Å². The first-order valence-electron chi connectivity index (χ1n) is 3.70. The lowest BCUT2D eigenvalue weighted by molar-refractivity contribution is 0.737. The zero-order valence-corrected chi connectivity index (χ0v) is 7.44. The molecule has 0 fully saturated rings. The second-order valence-corrected chi connectivity index (χ2v) is 2.62. The van der Waals surface area contributed by atoms with Crippen LogP contribution in [0.1, 0.15) is 11.4 Å². The van der Waals surface area contributed by atoms with Gasteiger partial charge in [-0.25, -0.2) is 0 Å². The van der Waals surface area contributed by atoms with E-state index in [4.69, 9.17) is 10.5 Å². The van der Waals surface area contributed by atoms with Crippen LogP contribution in [0.3, 0.4) is 0 Å². The molecule has 0 spiro atoms. The Morgan fingerprint density at radius 2 is 2.15 bits per heavy atom. The van der Waals surface area contributed by atoms with Crippen molar-refractivity contribution < 1.29 is 0 Å². The van der Waals surface area contributed by atoms with E-state index >= 15 is 0 Å². The van der Waals surface area contributed by atoms with E-state index in [0.29, 0.717) is 5.69 Å². The van der Waals surface area contributed by atoms with Crippen LogP contribution in [-0.2, 0) is 7.05 Å². The Kier molecular flexibility index (Phi) is 2.47. The molecule has 0 aromatic carbocycles. The van der Waals surface area contributed by atoms with Gasteiger partial charge in [0.1, 0.15) is 17.7 Å². The molecule has 0 aliphatic carbocycles. The number of nitriles is 2. The molecule has 0 bridgehead atoms. The van der Waals surface area contributed by atoms with Crippen molar-refractivity contribution in [3.8, 4) is 12.1 Å². The van der Waals surface area contributed by atoms with Crippen molar-refractivity contribution in [2.24, 2.45) is 7.05 Å². The summed E-state index contributed by atoms with van der Waals surface area (Å²) in [6.07, 6.45) is 1.47. The van der Waals surface area contributed by atoms with Crippen molar-refractivity contribution in [1.29, 1.82) is 10.5 Å². The fourth-order valence-corrected chi connectivity index (χ4v) is 0.896. The number of hydrogen-bond acceptors (Lipinski definition) is 3. The van der Waals surface area contributed by atoms with Gasteiger partial charge in [-0.1, -0.05) is 0 Å². The minimum atomic E-state index is 0.0677. The van der Waals surface area contributed by atoms with Crippen molar-refractivity contribution in [2.45, 2.75) is 6.92 Å². The first-order chi connectivity index (χ1) is 6.17. The lowest BCUT2D eigenvalue weighted by Gasteiger charge is -1.88. The number of rotatable bonds is 1. The van der Waals surface area contributed by atoms with Gasteiger partial charge in [-0.2, -0.15) is 15.6 Å². The van der Waals surface area contributed by atoms with Crippen molar-refractivity contribution in [2.75, 3.05) is 0 Å². The third-order valence-electron chi connectivity index (χ3n) is 1.67. The lowest BCUT2D eigenvalue weighted by Crippen LogP contribution is -1.92. The monoisotopic (exact) mass is 172 g/mol. The van der Waals surface area contributed by atoms with E-state index in [1.807, 2.05) is 20.0 Å². The van der Waals surface area contributed by atoms with Crippen LogP contribution in [0.4, 0.5) is 0 Å². The minimum Gasteiger partial charge on any atom is -0.272 e. The van der Waals surface area contributed by atoms with E-state index in [1.165, 1.54) is 6.08 Å². The molecule has 4 nitrogen and oxygen atoms in total. The van der Waals surface area contributed by atoms with Gasteiger partial charge in [0.05, 0.1) is 5.69 Å². The molecule has 1 heterocycles. The number of aromatic nitrogens is 2. The van der Waals surface area contributed by atoms with E-state index in [-0.39, 0.29) is 5.57 Å². The molecule has 0 atom stereocenters.